The Balaban J connectivity index is 1.61. The van der Waals surface area contributed by atoms with Crippen molar-refractivity contribution in [1.82, 2.24) is 19.5 Å². The average molecular weight is 411 g/mol. The van der Waals surface area contributed by atoms with E-state index in [1.54, 1.807) is 42.1 Å². The Morgan fingerprint density at radius 3 is 2.62 bits per heavy atom. The van der Waals surface area contributed by atoms with Crippen molar-refractivity contribution in [3.8, 4) is 5.69 Å². The number of nitrogens with one attached hydrogen (secondary N) is 1. The lowest BCUT2D eigenvalue weighted by Crippen LogP contribution is -2.05. The highest BCUT2D eigenvalue weighted by atomic mass is 32.2. The molecule has 0 amide bonds. The van der Waals surface area contributed by atoms with E-state index in [1.165, 1.54) is 18.5 Å². The Labute approximate surface area is 167 Å². The van der Waals surface area contributed by atoms with Crippen molar-refractivity contribution in [1.29, 1.82) is 0 Å². The molecule has 0 saturated carbocycles. The summed E-state index contributed by atoms with van der Waals surface area (Å²) in [6.45, 7) is 2.12. The van der Waals surface area contributed by atoms with Gasteiger partial charge in [0.2, 0.25) is 0 Å². The van der Waals surface area contributed by atoms with Crippen LogP contribution in [-0.4, -0.2) is 34.2 Å². The van der Waals surface area contributed by atoms with E-state index in [4.69, 9.17) is 0 Å². The van der Waals surface area contributed by atoms with Gasteiger partial charge in [0.15, 0.2) is 9.84 Å². The molecule has 7 nitrogen and oxygen atoms in total. The number of sulfone groups is 1. The van der Waals surface area contributed by atoms with Gasteiger partial charge in [0.25, 0.3) is 0 Å². The predicted molar refractivity (Wildman–Crippen MR) is 108 cm³/mol. The van der Waals surface area contributed by atoms with Gasteiger partial charge in [0, 0.05) is 30.6 Å². The lowest BCUT2D eigenvalue weighted by Gasteiger charge is -2.11. The Morgan fingerprint density at radius 2 is 1.93 bits per heavy atom. The zero-order valence-corrected chi connectivity index (χ0v) is 16.6. The number of imidazole rings is 1. The van der Waals surface area contributed by atoms with Crippen LogP contribution in [-0.2, 0) is 16.4 Å². The van der Waals surface area contributed by atoms with Gasteiger partial charge < -0.3 is 9.88 Å². The van der Waals surface area contributed by atoms with Crippen LogP contribution in [0, 0.1) is 12.7 Å². The maximum absolute atomic E-state index is 14.6. The zero-order valence-electron chi connectivity index (χ0n) is 15.8. The molecule has 0 aliphatic rings. The highest BCUT2D eigenvalue weighted by molar-refractivity contribution is 7.90. The smallest absolute Gasteiger partial charge is 0.175 e. The summed E-state index contributed by atoms with van der Waals surface area (Å²) < 4.78 is 40.0. The molecule has 0 spiro atoms. The highest BCUT2D eigenvalue weighted by Crippen LogP contribution is 2.24. The molecule has 0 unspecified atom stereocenters. The highest BCUT2D eigenvalue weighted by Gasteiger charge is 2.12. The molecule has 2 heterocycles. The number of benzene rings is 2. The van der Waals surface area contributed by atoms with E-state index in [1.807, 2.05) is 6.07 Å². The predicted octanol–water partition coefficient (Wildman–Crippen LogP) is 3.28. The quantitative estimate of drug-likeness (QED) is 0.542. The lowest BCUT2D eigenvalue weighted by molar-refractivity contribution is 0.602. The van der Waals surface area contributed by atoms with Gasteiger partial charge in [-0.3, -0.25) is 0 Å². The second-order valence-electron chi connectivity index (χ2n) is 6.66. The summed E-state index contributed by atoms with van der Waals surface area (Å²) in [5.74, 6) is 0.816. The van der Waals surface area contributed by atoms with Gasteiger partial charge in [-0.25, -0.2) is 27.8 Å². The van der Waals surface area contributed by atoms with Gasteiger partial charge in [-0.1, -0.05) is 6.07 Å². The fourth-order valence-corrected chi connectivity index (χ4v) is 3.73. The number of aromatic nitrogens is 4. The summed E-state index contributed by atoms with van der Waals surface area (Å²) in [5, 5.41) is 3.73. The van der Waals surface area contributed by atoms with E-state index in [-0.39, 0.29) is 10.7 Å². The van der Waals surface area contributed by atoms with E-state index in [9.17, 15) is 12.8 Å². The van der Waals surface area contributed by atoms with E-state index in [0.29, 0.717) is 34.8 Å². The fourth-order valence-electron chi connectivity index (χ4n) is 3.08. The van der Waals surface area contributed by atoms with E-state index in [2.05, 4.69) is 20.3 Å². The molecular weight excluding hydrogens is 393 g/mol. The van der Waals surface area contributed by atoms with Crippen LogP contribution in [0.5, 0.6) is 0 Å². The number of hydrogen-bond acceptors (Lipinski definition) is 6. The normalized spacial score (nSPS) is 11.7. The first kappa shape index (κ1) is 19.0. The number of rotatable bonds is 5. The minimum atomic E-state index is -3.35. The number of halogens is 1. The largest absolute Gasteiger partial charge is 0.365 e. The van der Waals surface area contributed by atoms with Crippen LogP contribution in [0.15, 0.2) is 60.0 Å². The number of fused-ring (bicyclic) bond motifs is 1. The summed E-state index contributed by atoms with van der Waals surface area (Å²) in [5.41, 5.74) is 1.76. The molecule has 0 aliphatic heterocycles. The monoisotopic (exact) mass is 411 g/mol. The van der Waals surface area contributed by atoms with Crippen LogP contribution >= 0.6 is 0 Å². The summed E-state index contributed by atoms with van der Waals surface area (Å²) in [6.07, 6.45) is 5.88. The number of hydrogen-bond donors (Lipinski definition) is 1. The molecule has 9 heteroatoms. The van der Waals surface area contributed by atoms with Crippen LogP contribution in [0.1, 0.15) is 11.4 Å². The van der Waals surface area contributed by atoms with Gasteiger partial charge in [0.1, 0.15) is 23.8 Å². The first-order valence-electron chi connectivity index (χ1n) is 8.80. The van der Waals surface area contributed by atoms with Crippen molar-refractivity contribution in [2.75, 3.05) is 11.6 Å². The molecule has 148 valence electrons. The molecule has 29 heavy (non-hydrogen) atoms. The van der Waals surface area contributed by atoms with Crippen LogP contribution in [0.3, 0.4) is 0 Å². The first-order valence-corrected chi connectivity index (χ1v) is 10.7. The fraction of sp³-hybridized carbons (Fsp3) is 0.150. The van der Waals surface area contributed by atoms with Crippen LogP contribution in [0.4, 0.5) is 10.2 Å². The third-order valence-corrected chi connectivity index (χ3v) is 5.70. The summed E-state index contributed by atoms with van der Waals surface area (Å²) in [7, 11) is -3.35. The standard InChI is InChI=1S/C20H18FN5O2S/c1-13-22-7-8-26(13)19-6-3-14(9-17(19)21)11-23-20-16-10-15(29(2,27)28)4-5-18(16)24-12-25-20/h3-10,12H,11H2,1-2H3,(H,23,24,25). The molecule has 0 aliphatic carbocycles. The summed E-state index contributed by atoms with van der Waals surface area (Å²) >= 11 is 0. The van der Waals surface area contributed by atoms with Gasteiger partial charge >= 0.3 is 0 Å². The third kappa shape index (κ3) is 3.81. The molecule has 4 rings (SSSR count). The molecule has 0 bridgehead atoms. The first-order chi connectivity index (χ1) is 13.8. The van der Waals surface area contributed by atoms with Crippen molar-refractivity contribution in [2.24, 2.45) is 0 Å². The van der Waals surface area contributed by atoms with E-state index >= 15 is 0 Å². The minimum Gasteiger partial charge on any atom is -0.365 e. The minimum absolute atomic E-state index is 0.189. The molecule has 2 aromatic heterocycles. The van der Waals surface area contributed by atoms with Crippen molar-refractivity contribution < 1.29 is 12.8 Å². The molecular formula is C20H18FN5O2S. The summed E-state index contributed by atoms with van der Waals surface area (Å²) in [6, 6.07) is 9.66. The van der Waals surface area contributed by atoms with Gasteiger partial charge in [-0.05, 0) is 42.8 Å². The van der Waals surface area contributed by atoms with Crippen LogP contribution in [0.25, 0.3) is 16.6 Å². The zero-order chi connectivity index (χ0) is 20.6. The van der Waals surface area contributed by atoms with Crippen LogP contribution in [0.2, 0.25) is 0 Å². The van der Waals surface area contributed by atoms with E-state index in [0.717, 1.165) is 11.8 Å². The Morgan fingerprint density at radius 1 is 1.10 bits per heavy atom. The van der Waals surface area contributed by atoms with Gasteiger partial charge in [-0.2, -0.15) is 0 Å². The molecule has 0 saturated heterocycles. The third-order valence-electron chi connectivity index (χ3n) is 4.59. The summed E-state index contributed by atoms with van der Waals surface area (Å²) in [4.78, 5) is 12.7. The maximum atomic E-state index is 14.6. The Bertz CT molecular complexity index is 1320. The second kappa shape index (κ2) is 7.25. The molecule has 0 fully saturated rings. The molecule has 2 aromatic carbocycles. The van der Waals surface area contributed by atoms with Crippen LogP contribution < -0.4 is 5.32 Å². The SMILES string of the molecule is Cc1nccn1-c1ccc(CNc2ncnc3ccc(S(C)(=O)=O)cc23)cc1F. The van der Waals surface area contributed by atoms with Gasteiger partial charge in [-0.15, -0.1) is 0 Å². The maximum Gasteiger partial charge on any atom is 0.175 e. The molecule has 0 atom stereocenters. The molecule has 4 aromatic rings. The van der Waals surface area contributed by atoms with Crippen molar-refractivity contribution >= 4 is 26.6 Å². The van der Waals surface area contributed by atoms with E-state index < -0.39 is 9.84 Å². The van der Waals surface area contributed by atoms with Gasteiger partial charge in [0.05, 0.1) is 16.1 Å². The topological polar surface area (TPSA) is 89.8 Å². The second-order valence-corrected chi connectivity index (χ2v) is 8.67. The number of aryl methyl sites for hydroxylation is 1. The Hall–Kier alpha value is -3.33. The average Bonchev–Trinajstić information content (AvgIpc) is 3.11. The molecule has 0 radical (unpaired) electrons. The Kier molecular flexibility index (Phi) is 4.75. The number of nitrogens with zero attached hydrogens (tertiary/aromatic N) is 4. The van der Waals surface area contributed by atoms with Crippen molar-refractivity contribution in [3.05, 3.63) is 72.3 Å². The van der Waals surface area contributed by atoms with Crippen molar-refractivity contribution in [2.45, 2.75) is 18.4 Å². The number of anilines is 1. The van der Waals surface area contributed by atoms with Crippen molar-refractivity contribution in [3.63, 3.8) is 0 Å². The lowest BCUT2D eigenvalue weighted by atomic mass is 10.2. The molecule has 1 N–H and O–H groups in total.